The molecule has 2 aromatic carbocycles. The molecule has 0 aromatic heterocycles. The first-order chi connectivity index (χ1) is 20.4. The van der Waals surface area contributed by atoms with Crippen LogP contribution < -0.4 is 10.6 Å². The van der Waals surface area contributed by atoms with Crippen molar-refractivity contribution >= 4 is 45.0 Å². The van der Waals surface area contributed by atoms with Gasteiger partial charge in [0.2, 0.25) is 21.8 Å². The van der Waals surface area contributed by atoms with Gasteiger partial charge in [-0.25, -0.2) is 13.2 Å². The lowest BCUT2D eigenvalue weighted by Gasteiger charge is -2.25. The quantitative estimate of drug-likeness (QED) is 0.165. The minimum absolute atomic E-state index is 0.00812. The molecule has 1 aliphatic heterocycles. The SMILES string of the molecule is CC(=N)CCCCCC(=O)Cc1ccc(C[C@H](NC(=O)[C@@H]2CCCN2S(=O)(=O)c2ccc(NC(C)=O)cc2)C(=O)O)cc1. The number of carbonyl (C=O) groups is 4. The van der Waals surface area contributed by atoms with Crippen LogP contribution in [0.5, 0.6) is 0 Å². The van der Waals surface area contributed by atoms with Gasteiger partial charge >= 0.3 is 5.97 Å². The number of amides is 2. The zero-order valence-corrected chi connectivity index (χ0v) is 25.4. The van der Waals surface area contributed by atoms with Crippen molar-refractivity contribution in [3.63, 3.8) is 0 Å². The molecule has 0 unspecified atom stereocenters. The maximum absolute atomic E-state index is 13.3. The van der Waals surface area contributed by atoms with E-state index >= 15 is 0 Å². The summed E-state index contributed by atoms with van der Waals surface area (Å²) in [6.07, 6.45) is 4.80. The van der Waals surface area contributed by atoms with Gasteiger partial charge < -0.3 is 21.1 Å². The fourth-order valence-electron chi connectivity index (χ4n) is 5.04. The van der Waals surface area contributed by atoms with Crippen molar-refractivity contribution in [3.05, 3.63) is 59.7 Å². The zero-order chi connectivity index (χ0) is 31.6. The molecule has 1 fully saturated rings. The van der Waals surface area contributed by atoms with Crippen LogP contribution in [0, 0.1) is 5.41 Å². The molecule has 2 aromatic rings. The van der Waals surface area contributed by atoms with E-state index in [1.165, 1.54) is 31.2 Å². The summed E-state index contributed by atoms with van der Waals surface area (Å²) in [5.74, 6) is -2.10. The van der Waals surface area contributed by atoms with Gasteiger partial charge in [-0.2, -0.15) is 4.31 Å². The summed E-state index contributed by atoms with van der Waals surface area (Å²) in [5.41, 5.74) is 2.55. The first-order valence-corrected chi connectivity index (χ1v) is 15.9. The van der Waals surface area contributed by atoms with Crippen LogP contribution in [0.25, 0.3) is 0 Å². The lowest BCUT2D eigenvalue weighted by Crippen LogP contribution is -2.51. The van der Waals surface area contributed by atoms with Crippen LogP contribution in [-0.2, 0) is 42.0 Å². The van der Waals surface area contributed by atoms with Crippen molar-refractivity contribution in [1.82, 2.24) is 9.62 Å². The number of ketones is 1. The summed E-state index contributed by atoms with van der Waals surface area (Å²) in [7, 11) is -4.04. The third-order valence-electron chi connectivity index (χ3n) is 7.27. The number of rotatable bonds is 16. The van der Waals surface area contributed by atoms with Crippen molar-refractivity contribution in [2.24, 2.45) is 0 Å². The average molecular weight is 613 g/mol. The Bertz CT molecular complexity index is 1420. The molecule has 0 bridgehead atoms. The van der Waals surface area contributed by atoms with E-state index in [-0.39, 0.29) is 42.4 Å². The number of carboxylic acid groups (broad SMARTS) is 1. The molecule has 12 heteroatoms. The maximum Gasteiger partial charge on any atom is 0.326 e. The molecule has 3 rings (SSSR count). The van der Waals surface area contributed by atoms with Gasteiger partial charge in [-0.15, -0.1) is 0 Å². The average Bonchev–Trinajstić information content (AvgIpc) is 3.45. The van der Waals surface area contributed by atoms with Gasteiger partial charge in [0, 0.05) is 44.1 Å². The number of hydrogen-bond donors (Lipinski definition) is 4. The second-order valence-corrected chi connectivity index (χ2v) is 12.8. The number of sulfonamides is 1. The molecule has 0 saturated carbocycles. The fraction of sp³-hybridized carbons (Fsp3) is 0.452. The predicted molar refractivity (Wildman–Crippen MR) is 163 cm³/mol. The minimum atomic E-state index is -4.04. The van der Waals surface area contributed by atoms with Crippen LogP contribution in [0.2, 0.25) is 0 Å². The molecule has 1 aliphatic rings. The largest absolute Gasteiger partial charge is 0.480 e. The molecular weight excluding hydrogens is 572 g/mol. The van der Waals surface area contributed by atoms with Gasteiger partial charge in [0.25, 0.3) is 0 Å². The van der Waals surface area contributed by atoms with Gasteiger partial charge in [-0.3, -0.25) is 14.4 Å². The number of aliphatic carboxylic acids is 1. The Hall–Kier alpha value is -3.90. The number of benzene rings is 2. The van der Waals surface area contributed by atoms with E-state index < -0.39 is 34.0 Å². The van der Waals surface area contributed by atoms with Gasteiger partial charge in [0.1, 0.15) is 17.9 Å². The van der Waals surface area contributed by atoms with Gasteiger partial charge in [0.05, 0.1) is 4.90 Å². The van der Waals surface area contributed by atoms with E-state index in [0.29, 0.717) is 29.8 Å². The van der Waals surface area contributed by atoms with Crippen LogP contribution in [0.4, 0.5) is 5.69 Å². The molecule has 0 radical (unpaired) electrons. The Labute approximate surface area is 252 Å². The van der Waals surface area contributed by atoms with Crippen LogP contribution in [0.15, 0.2) is 53.4 Å². The predicted octanol–water partition coefficient (Wildman–Crippen LogP) is 3.71. The summed E-state index contributed by atoms with van der Waals surface area (Å²) in [6.45, 7) is 3.24. The zero-order valence-electron chi connectivity index (χ0n) is 24.6. The van der Waals surface area contributed by atoms with E-state index in [9.17, 15) is 32.7 Å². The number of nitrogens with one attached hydrogen (secondary N) is 3. The smallest absolute Gasteiger partial charge is 0.326 e. The molecule has 0 aliphatic carbocycles. The molecule has 1 heterocycles. The Balaban J connectivity index is 1.58. The van der Waals surface area contributed by atoms with Crippen molar-refractivity contribution in [1.29, 1.82) is 5.41 Å². The highest BCUT2D eigenvalue weighted by molar-refractivity contribution is 7.89. The molecule has 1 saturated heterocycles. The van der Waals surface area contributed by atoms with Crippen LogP contribution in [-0.4, -0.2) is 65.7 Å². The van der Waals surface area contributed by atoms with Gasteiger partial charge in [-0.05, 0) is 74.4 Å². The van der Waals surface area contributed by atoms with Crippen LogP contribution >= 0.6 is 0 Å². The van der Waals surface area contributed by atoms with E-state index in [1.807, 2.05) is 0 Å². The lowest BCUT2D eigenvalue weighted by molar-refractivity contribution is -0.142. The topological polar surface area (TPSA) is 174 Å². The number of nitrogens with zero attached hydrogens (tertiary/aromatic N) is 1. The summed E-state index contributed by atoms with van der Waals surface area (Å²) >= 11 is 0. The Morgan fingerprint density at radius 2 is 1.58 bits per heavy atom. The highest BCUT2D eigenvalue weighted by atomic mass is 32.2. The molecule has 2 amide bonds. The molecule has 4 N–H and O–H groups in total. The summed E-state index contributed by atoms with van der Waals surface area (Å²) < 4.78 is 27.7. The second-order valence-electron chi connectivity index (χ2n) is 11.0. The molecular formula is C31H40N4O7S. The van der Waals surface area contributed by atoms with Crippen molar-refractivity contribution in [2.45, 2.75) is 88.6 Å². The second kappa shape index (κ2) is 15.5. The van der Waals surface area contributed by atoms with E-state index in [2.05, 4.69) is 10.6 Å². The third-order valence-corrected chi connectivity index (χ3v) is 9.20. The summed E-state index contributed by atoms with van der Waals surface area (Å²) in [4.78, 5) is 48.7. The highest BCUT2D eigenvalue weighted by Gasteiger charge is 2.40. The van der Waals surface area contributed by atoms with E-state index in [0.717, 1.165) is 35.6 Å². The van der Waals surface area contributed by atoms with Crippen molar-refractivity contribution in [3.8, 4) is 0 Å². The van der Waals surface area contributed by atoms with Crippen LogP contribution in [0.3, 0.4) is 0 Å². The monoisotopic (exact) mass is 612 g/mol. The standard InChI is InChI=1S/C31H40N4O7S/c1-21(32)7-4-3-5-8-26(37)19-23-10-12-24(13-11-23)20-28(31(39)40)34-30(38)29-9-6-18-35(29)43(41,42)27-16-14-25(15-17-27)33-22(2)36/h10-17,28-29,32H,3-9,18-20H2,1-2H3,(H,33,36)(H,34,38)(H,39,40)/t28-,29-/m0/s1. The van der Waals surface area contributed by atoms with E-state index in [4.69, 9.17) is 5.41 Å². The molecule has 0 spiro atoms. The molecule has 2 atom stereocenters. The Morgan fingerprint density at radius 3 is 2.19 bits per heavy atom. The maximum atomic E-state index is 13.3. The van der Waals surface area contributed by atoms with Gasteiger partial charge in [0.15, 0.2) is 0 Å². The first-order valence-electron chi connectivity index (χ1n) is 14.4. The fourth-order valence-corrected chi connectivity index (χ4v) is 6.70. The minimum Gasteiger partial charge on any atom is -0.480 e. The van der Waals surface area contributed by atoms with Gasteiger partial charge in [-0.1, -0.05) is 30.7 Å². The van der Waals surface area contributed by atoms with Crippen molar-refractivity contribution in [2.75, 3.05) is 11.9 Å². The Morgan fingerprint density at radius 1 is 0.953 bits per heavy atom. The number of unbranched alkanes of at least 4 members (excludes halogenated alkanes) is 2. The highest BCUT2D eigenvalue weighted by Crippen LogP contribution is 2.27. The Kier molecular flexibility index (Phi) is 12.1. The third kappa shape index (κ3) is 10.1. The van der Waals surface area contributed by atoms with Crippen molar-refractivity contribution < 1.29 is 32.7 Å². The normalized spacial score (nSPS) is 15.9. The number of carbonyl (C=O) groups excluding carboxylic acids is 3. The van der Waals surface area contributed by atoms with E-state index in [1.54, 1.807) is 31.2 Å². The number of carboxylic acids is 1. The van der Waals surface area contributed by atoms with Crippen LogP contribution in [0.1, 0.15) is 69.9 Å². The molecule has 232 valence electrons. The lowest BCUT2D eigenvalue weighted by atomic mass is 10.00. The first kappa shape index (κ1) is 33.6. The number of Topliss-reactive ketones (excluding diaryl/α,β-unsaturated/α-hetero) is 1. The molecule has 11 nitrogen and oxygen atoms in total. The number of anilines is 1. The summed E-state index contributed by atoms with van der Waals surface area (Å²) in [5, 5.41) is 22.3. The summed E-state index contributed by atoms with van der Waals surface area (Å²) in [6, 6.07) is 10.3. The molecule has 43 heavy (non-hydrogen) atoms. The number of hydrogen-bond acceptors (Lipinski definition) is 7.